The van der Waals surface area contributed by atoms with Gasteiger partial charge in [0.25, 0.3) is 0 Å². The molecule has 0 fully saturated rings. The second-order valence-corrected chi connectivity index (χ2v) is 10.1. The third kappa shape index (κ3) is 4.24. The highest BCUT2D eigenvalue weighted by Crippen LogP contribution is 2.50. The van der Waals surface area contributed by atoms with Crippen molar-refractivity contribution in [2.24, 2.45) is 0 Å². The van der Waals surface area contributed by atoms with Gasteiger partial charge in [-0.3, -0.25) is 0 Å². The fourth-order valence-corrected chi connectivity index (χ4v) is 5.88. The normalized spacial score (nSPS) is 12.8. The van der Waals surface area contributed by atoms with E-state index in [1.165, 1.54) is 38.6 Å². The Kier molecular flexibility index (Phi) is 6.35. The molecule has 7 rings (SSSR count). The van der Waals surface area contributed by atoms with Crippen LogP contribution in [0, 0.1) is 0 Å². The first-order chi connectivity index (χ1) is 19.9. The van der Waals surface area contributed by atoms with Crippen LogP contribution >= 0.6 is 0 Å². The lowest BCUT2D eigenvalue weighted by Gasteiger charge is -2.33. The monoisotopic (exact) mass is 514 g/mol. The van der Waals surface area contributed by atoms with Gasteiger partial charge < -0.3 is 9.80 Å². The van der Waals surface area contributed by atoms with Crippen LogP contribution in [0.3, 0.4) is 0 Å². The van der Waals surface area contributed by atoms with Gasteiger partial charge in [-0.2, -0.15) is 0 Å². The second kappa shape index (κ2) is 10.6. The molecule has 0 unspecified atom stereocenters. The van der Waals surface area contributed by atoms with Crippen LogP contribution in [0.2, 0.25) is 0 Å². The Bertz CT molecular complexity index is 1740. The molecular formula is C38H30N2. The van der Waals surface area contributed by atoms with Crippen LogP contribution in [0.15, 0.2) is 163 Å². The summed E-state index contributed by atoms with van der Waals surface area (Å²) in [5, 5.41) is 4.86. The van der Waals surface area contributed by atoms with Crippen molar-refractivity contribution in [2.75, 3.05) is 9.80 Å². The Morgan fingerprint density at radius 3 is 1.15 bits per heavy atom. The predicted octanol–water partition coefficient (Wildman–Crippen LogP) is 10.8. The van der Waals surface area contributed by atoms with Gasteiger partial charge in [0, 0.05) is 44.3 Å². The van der Waals surface area contributed by atoms with Crippen LogP contribution in [-0.2, 0) is 0 Å². The number of hydrogen-bond acceptors (Lipinski definition) is 2. The number of rotatable bonds is 6. The summed E-state index contributed by atoms with van der Waals surface area (Å²) in [5.74, 6) is 0. The first kappa shape index (κ1) is 24.0. The Hall–Kier alpha value is -5.08. The van der Waals surface area contributed by atoms with Gasteiger partial charge in [-0.25, -0.2) is 0 Å². The molecule has 6 aromatic carbocycles. The molecule has 0 heterocycles. The summed E-state index contributed by atoms with van der Waals surface area (Å²) in [6.07, 6.45) is 9.05. The maximum absolute atomic E-state index is 2.44. The van der Waals surface area contributed by atoms with E-state index in [1.807, 2.05) is 0 Å². The maximum atomic E-state index is 2.44. The van der Waals surface area contributed by atoms with Gasteiger partial charge >= 0.3 is 0 Å². The van der Waals surface area contributed by atoms with Crippen molar-refractivity contribution in [1.82, 2.24) is 0 Å². The zero-order valence-corrected chi connectivity index (χ0v) is 22.3. The lowest BCUT2D eigenvalue weighted by Crippen LogP contribution is -2.18. The van der Waals surface area contributed by atoms with E-state index in [0.717, 1.165) is 29.9 Å². The van der Waals surface area contributed by atoms with E-state index in [0.29, 0.717) is 0 Å². The van der Waals surface area contributed by atoms with Crippen molar-refractivity contribution in [2.45, 2.75) is 12.8 Å². The number of benzene rings is 6. The number of allylic oxidation sites excluding steroid dienone is 3. The van der Waals surface area contributed by atoms with Crippen LogP contribution in [-0.4, -0.2) is 0 Å². The van der Waals surface area contributed by atoms with E-state index in [-0.39, 0.29) is 0 Å². The van der Waals surface area contributed by atoms with Crippen molar-refractivity contribution in [3.63, 3.8) is 0 Å². The molecule has 0 amide bonds. The first-order valence-corrected chi connectivity index (χ1v) is 14.0. The number of nitrogens with zero attached hydrogens (tertiary/aromatic N) is 2. The zero-order valence-electron chi connectivity index (χ0n) is 22.3. The zero-order chi connectivity index (χ0) is 26.7. The van der Waals surface area contributed by atoms with Gasteiger partial charge in [-0.05, 0) is 55.3 Å². The highest BCUT2D eigenvalue weighted by atomic mass is 15.2. The number of fused-ring (bicyclic) bond motifs is 2. The molecule has 1 aliphatic rings. The van der Waals surface area contributed by atoms with Crippen molar-refractivity contribution in [3.05, 3.63) is 163 Å². The first-order valence-electron chi connectivity index (χ1n) is 14.0. The average molecular weight is 515 g/mol. The van der Waals surface area contributed by atoms with Crippen molar-refractivity contribution >= 4 is 50.0 Å². The Balaban J connectivity index is 1.61. The molecule has 0 bridgehead atoms. The van der Waals surface area contributed by atoms with E-state index < -0.39 is 0 Å². The maximum Gasteiger partial charge on any atom is 0.0619 e. The van der Waals surface area contributed by atoms with E-state index in [2.05, 4.69) is 168 Å². The molecule has 0 atom stereocenters. The Morgan fingerprint density at radius 2 is 0.750 bits per heavy atom. The topological polar surface area (TPSA) is 6.48 Å². The smallest absolute Gasteiger partial charge is 0.0619 e. The summed E-state index contributed by atoms with van der Waals surface area (Å²) in [6, 6.07) is 49.9. The highest BCUT2D eigenvalue weighted by Gasteiger charge is 2.25. The fourth-order valence-electron chi connectivity index (χ4n) is 5.88. The standard InChI is InChI=1S/C38H30N2/c1-5-17-29(18-6-1)39(30-19-7-2-8-20-30)37-33-25-13-15-27-35(33)38(36-28-16-14-26-34(36)37)40(31-21-9-3-10-22-31)32-23-11-4-12-24-32/h1-3,5-11,13-28H,4,12H2. The SMILES string of the molecule is C1=CC(N(c2ccccc2)c2c3ccccc3c(N(c3ccccc3)c3ccccc3)c3ccccc23)=CCC1. The largest absolute Gasteiger partial charge is 0.310 e. The van der Waals surface area contributed by atoms with Crippen molar-refractivity contribution in [1.29, 1.82) is 0 Å². The minimum Gasteiger partial charge on any atom is -0.310 e. The number of anilines is 5. The van der Waals surface area contributed by atoms with Crippen LogP contribution in [0.5, 0.6) is 0 Å². The van der Waals surface area contributed by atoms with Crippen LogP contribution < -0.4 is 9.80 Å². The summed E-state index contributed by atoms with van der Waals surface area (Å²) in [6.45, 7) is 0. The molecule has 0 saturated carbocycles. The van der Waals surface area contributed by atoms with Gasteiger partial charge in [0.1, 0.15) is 0 Å². The molecule has 2 heteroatoms. The van der Waals surface area contributed by atoms with E-state index >= 15 is 0 Å². The third-order valence-corrected chi connectivity index (χ3v) is 7.60. The lowest BCUT2D eigenvalue weighted by molar-refractivity contribution is 0.999. The number of hydrogen-bond donors (Lipinski definition) is 0. The summed E-state index contributed by atoms with van der Waals surface area (Å²) in [7, 11) is 0. The summed E-state index contributed by atoms with van der Waals surface area (Å²) < 4.78 is 0. The van der Waals surface area contributed by atoms with Gasteiger partial charge in [-0.1, -0.05) is 115 Å². The van der Waals surface area contributed by atoms with Crippen LogP contribution in [0.1, 0.15) is 12.8 Å². The van der Waals surface area contributed by atoms with Gasteiger partial charge in [0.05, 0.1) is 11.4 Å². The fraction of sp³-hybridized carbons (Fsp3) is 0.0526. The molecule has 0 N–H and O–H groups in total. The Morgan fingerprint density at radius 1 is 0.375 bits per heavy atom. The minimum atomic E-state index is 1.04. The van der Waals surface area contributed by atoms with E-state index in [9.17, 15) is 0 Å². The summed E-state index contributed by atoms with van der Waals surface area (Å²) >= 11 is 0. The van der Waals surface area contributed by atoms with Gasteiger partial charge in [-0.15, -0.1) is 0 Å². The van der Waals surface area contributed by atoms with Crippen molar-refractivity contribution in [3.8, 4) is 0 Å². The third-order valence-electron chi connectivity index (χ3n) is 7.60. The molecule has 40 heavy (non-hydrogen) atoms. The van der Waals surface area contributed by atoms with E-state index in [4.69, 9.17) is 0 Å². The Labute approximate surface area is 235 Å². The molecule has 2 nitrogen and oxygen atoms in total. The van der Waals surface area contributed by atoms with E-state index in [1.54, 1.807) is 0 Å². The molecule has 6 aromatic rings. The molecule has 0 radical (unpaired) electrons. The molecular weight excluding hydrogens is 484 g/mol. The summed E-state index contributed by atoms with van der Waals surface area (Å²) in [4.78, 5) is 4.85. The summed E-state index contributed by atoms with van der Waals surface area (Å²) in [5.41, 5.74) is 7.03. The van der Waals surface area contributed by atoms with Crippen molar-refractivity contribution < 1.29 is 0 Å². The molecule has 0 aliphatic heterocycles. The predicted molar refractivity (Wildman–Crippen MR) is 171 cm³/mol. The average Bonchev–Trinajstić information content (AvgIpc) is 3.04. The minimum absolute atomic E-state index is 1.04. The molecule has 192 valence electrons. The van der Waals surface area contributed by atoms with Gasteiger partial charge in [0.2, 0.25) is 0 Å². The van der Waals surface area contributed by atoms with Gasteiger partial charge in [0.15, 0.2) is 0 Å². The van der Waals surface area contributed by atoms with Crippen LogP contribution in [0.4, 0.5) is 28.4 Å². The number of para-hydroxylation sites is 3. The lowest BCUT2D eigenvalue weighted by atomic mass is 9.95. The molecule has 0 saturated heterocycles. The quantitative estimate of drug-likeness (QED) is 0.161. The second-order valence-electron chi connectivity index (χ2n) is 10.1. The molecule has 0 spiro atoms. The highest BCUT2D eigenvalue weighted by molar-refractivity contribution is 6.22. The molecule has 0 aromatic heterocycles. The van der Waals surface area contributed by atoms with Crippen LogP contribution in [0.25, 0.3) is 21.5 Å². The molecule has 1 aliphatic carbocycles.